The minimum absolute atomic E-state index is 0.115. The molecule has 0 N–H and O–H groups in total. The number of hydrogen-bond acceptors (Lipinski definition) is 6. The number of ether oxygens (including phenoxy) is 2. The van der Waals surface area contributed by atoms with E-state index in [2.05, 4.69) is 5.10 Å². The van der Waals surface area contributed by atoms with E-state index in [1.807, 2.05) is 0 Å². The van der Waals surface area contributed by atoms with Gasteiger partial charge in [-0.1, -0.05) is 0 Å². The normalized spacial score (nSPS) is 27.4. The van der Waals surface area contributed by atoms with E-state index in [-0.39, 0.29) is 38.8 Å². The van der Waals surface area contributed by atoms with Crippen molar-refractivity contribution >= 4 is 21.6 Å². The Balaban J connectivity index is 1.87. The summed E-state index contributed by atoms with van der Waals surface area (Å²) in [4.78, 5) is 13.8. The van der Waals surface area contributed by atoms with E-state index in [9.17, 15) is 13.2 Å². The van der Waals surface area contributed by atoms with Crippen LogP contribution in [0.3, 0.4) is 0 Å². The smallest absolute Gasteiger partial charge is 0.253 e. The highest BCUT2D eigenvalue weighted by atomic mass is 32.2. The second kappa shape index (κ2) is 5.86. The minimum Gasteiger partial charge on any atom is -0.377 e. The summed E-state index contributed by atoms with van der Waals surface area (Å²) in [6.45, 7) is 1.10. The maximum atomic E-state index is 12.2. The number of hydrogen-bond donors (Lipinski definition) is 0. The third-order valence-electron chi connectivity index (χ3n) is 4.04. The van der Waals surface area contributed by atoms with Crippen LogP contribution < -0.4 is 4.90 Å². The van der Waals surface area contributed by atoms with Crippen molar-refractivity contribution in [1.82, 2.24) is 14.1 Å². The van der Waals surface area contributed by atoms with Crippen molar-refractivity contribution in [3.8, 4) is 0 Å². The molecule has 0 saturated carbocycles. The predicted molar refractivity (Wildman–Crippen MR) is 81.5 cm³/mol. The lowest BCUT2D eigenvalue weighted by atomic mass is 10.0. The average molecular weight is 344 g/mol. The summed E-state index contributed by atoms with van der Waals surface area (Å²) in [6, 6.07) is 0. The van der Waals surface area contributed by atoms with Crippen molar-refractivity contribution in [2.75, 3.05) is 50.6 Å². The molecule has 10 heteroatoms. The molecule has 3 heterocycles. The van der Waals surface area contributed by atoms with Gasteiger partial charge in [-0.25, -0.2) is 8.42 Å². The molecule has 2 fully saturated rings. The summed E-state index contributed by atoms with van der Waals surface area (Å²) >= 11 is 0. The van der Waals surface area contributed by atoms with E-state index in [0.29, 0.717) is 12.3 Å². The number of nitrogens with zero attached hydrogens (tertiary/aromatic N) is 4. The van der Waals surface area contributed by atoms with Gasteiger partial charge in [0.1, 0.15) is 12.2 Å². The number of rotatable bonds is 2. The summed E-state index contributed by atoms with van der Waals surface area (Å²) in [7, 11) is -1.59. The molecule has 1 aromatic heterocycles. The average Bonchev–Trinajstić information content (AvgIpc) is 2.79. The molecule has 9 nitrogen and oxygen atoms in total. The third-order valence-corrected chi connectivity index (χ3v) is 5.29. The van der Waals surface area contributed by atoms with Crippen molar-refractivity contribution in [3.05, 3.63) is 12.4 Å². The summed E-state index contributed by atoms with van der Waals surface area (Å²) < 4.78 is 38.0. The molecular weight excluding hydrogens is 324 g/mol. The van der Waals surface area contributed by atoms with Crippen LogP contribution in [0.25, 0.3) is 0 Å². The van der Waals surface area contributed by atoms with Gasteiger partial charge >= 0.3 is 0 Å². The SMILES string of the molecule is Cn1cc(N2CC3(COCCN(S(C)(=O)=O)C3)OCC2=O)cn1. The molecule has 0 bridgehead atoms. The third kappa shape index (κ3) is 3.39. The van der Waals surface area contributed by atoms with Gasteiger partial charge in [-0.3, -0.25) is 9.48 Å². The molecule has 1 unspecified atom stereocenters. The Kier molecular flexibility index (Phi) is 4.17. The van der Waals surface area contributed by atoms with Crippen LogP contribution in [-0.4, -0.2) is 79.7 Å². The van der Waals surface area contributed by atoms with Crippen LogP contribution in [-0.2, 0) is 31.3 Å². The van der Waals surface area contributed by atoms with E-state index in [0.717, 1.165) is 0 Å². The molecule has 1 spiro atoms. The fraction of sp³-hybridized carbons (Fsp3) is 0.692. The molecule has 2 aliphatic heterocycles. The maximum Gasteiger partial charge on any atom is 0.253 e. The molecule has 2 aliphatic rings. The number of aromatic nitrogens is 2. The molecule has 0 aliphatic carbocycles. The van der Waals surface area contributed by atoms with Crippen LogP contribution in [0.1, 0.15) is 0 Å². The first-order chi connectivity index (χ1) is 10.8. The van der Waals surface area contributed by atoms with Gasteiger partial charge in [0.05, 0.1) is 37.9 Å². The first-order valence-electron chi connectivity index (χ1n) is 7.25. The first-order valence-corrected chi connectivity index (χ1v) is 9.10. The number of carbonyl (C=O) groups is 1. The number of morpholine rings is 1. The van der Waals surface area contributed by atoms with E-state index in [1.54, 1.807) is 29.0 Å². The maximum absolute atomic E-state index is 12.2. The van der Waals surface area contributed by atoms with Crippen molar-refractivity contribution in [1.29, 1.82) is 0 Å². The molecule has 0 radical (unpaired) electrons. The lowest BCUT2D eigenvalue weighted by Crippen LogP contribution is -2.61. The number of carbonyl (C=O) groups excluding carboxylic acids is 1. The zero-order chi connectivity index (χ0) is 16.7. The summed E-state index contributed by atoms with van der Waals surface area (Å²) in [5.41, 5.74) is -0.209. The second-order valence-electron chi connectivity index (χ2n) is 5.97. The Labute approximate surface area is 134 Å². The molecule has 2 saturated heterocycles. The number of anilines is 1. The summed E-state index contributed by atoms with van der Waals surface area (Å²) in [6.07, 6.45) is 4.50. The Morgan fingerprint density at radius 2 is 2.13 bits per heavy atom. The van der Waals surface area contributed by atoms with Gasteiger partial charge < -0.3 is 14.4 Å². The zero-order valence-corrected chi connectivity index (χ0v) is 14.0. The van der Waals surface area contributed by atoms with Gasteiger partial charge in [-0.05, 0) is 0 Å². The largest absolute Gasteiger partial charge is 0.377 e. The molecule has 128 valence electrons. The fourth-order valence-electron chi connectivity index (χ4n) is 2.83. The van der Waals surface area contributed by atoms with Crippen LogP contribution in [0.2, 0.25) is 0 Å². The lowest BCUT2D eigenvalue weighted by molar-refractivity contribution is -0.145. The van der Waals surface area contributed by atoms with Crippen LogP contribution in [0.15, 0.2) is 12.4 Å². The first kappa shape index (κ1) is 16.4. The van der Waals surface area contributed by atoms with Crippen LogP contribution in [0.5, 0.6) is 0 Å². The number of aryl methyl sites for hydroxylation is 1. The lowest BCUT2D eigenvalue weighted by Gasteiger charge is -2.42. The molecule has 1 aromatic rings. The highest BCUT2D eigenvalue weighted by molar-refractivity contribution is 7.88. The number of amides is 1. The molecular formula is C13H20N4O5S. The Morgan fingerprint density at radius 3 is 2.78 bits per heavy atom. The van der Waals surface area contributed by atoms with Gasteiger partial charge in [0.15, 0.2) is 0 Å². The van der Waals surface area contributed by atoms with E-state index < -0.39 is 15.6 Å². The minimum atomic E-state index is -3.36. The van der Waals surface area contributed by atoms with Crippen molar-refractivity contribution in [2.24, 2.45) is 7.05 Å². The second-order valence-corrected chi connectivity index (χ2v) is 7.96. The monoisotopic (exact) mass is 344 g/mol. The summed E-state index contributed by atoms with van der Waals surface area (Å²) in [5.74, 6) is -0.182. The fourth-order valence-corrected chi connectivity index (χ4v) is 3.71. The van der Waals surface area contributed by atoms with Crippen molar-refractivity contribution < 1.29 is 22.7 Å². The van der Waals surface area contributed by atoms with Gasteiger partial charge in [0.2, 0.25) is 10.0 Å². The van der Waals surface area contributed by atoms with E-state index in [4.69, 9.17) is 9.47 Å². The van der Waals surface area contributed by atoms with Crippen LogP contribution in [0.4, 0.5) is 5.69 Å². The van der Waals surface area contributed by atoms with Gasteiger partial charge in [0.25, 0.3) is 5.91 Å². The Bertz CT molecular complexity index is 703. The Hall–Kier alpha value is -1.49. The quantitative estimate of drug-likeness (QED) is 0.670. The zero-order valence-electron chi connectivity index (χ0n) is 13.1. The molecule has 23 heavy (non-hydrogen) atoms. The van der Waals surface area contributed by atoms with Crippen LogP contribution in [0, 0.1) is 0 Å². The molecule has 1 atom stereocenters. The molecule has 1 amide bonds. The topological polar surface area (TPSA) is 94.0 Å². The van der Waals surface area contributed by atoms with Crippen LogP contribution >= 0.6 is 0 Å². The standard InChI is InChI=1S/C13H20N4O5S/c1-15-6-11(5-14-15)17-9-13(22-7-12(17)18)8-16(23(2,19)20)3-4-21-10-13/h5-6H,3-4,7-10H2,1-2H3. The van der Waals surface area contributed by atoms with Gasteiger partial charge in [0, 0.05) is 26.3 Å². The van der Waals surface area contributed by atoms with Gasteiger partial charge in [-0.15, -0.1) is 0 Å². The highest BCUT2D eigenvalue weighted by Gasteiger charge is 2.45. The molecule has 3 rings (SSSR count). The Morgan fingerprint density at radius 1 is 1.35 bits per heavy atom. The van der Waals surface area contributed by atoms with Gasteiger partial charge in [-0.2, -0.15) is 9.40 Å². The summed E-state index contributed by atoms with van der Waals surface area (Å²) in [5, 5.41) is 4.08. The highest BCUT2D eigenvalue weighted by Crippen LogP contribution is 2.27. The molecule has 0 aromatic carbocycles. The van der Waals surface area contributed by atoms with E-state index in [1.165, 1.54) is 10.6 Å². The number of sulfonamides is 1. The van der Waals surface area contributed by atoms with Crippen molar-refractivity contribution in [2.45, 2.75) is 5.60 Å². The van der Waals surface area contributed by atoms with Crippen molar-refractivity contribution in [3.63, 3.8) is 0 Å². The van der Waals surface area contributed by atoms with E-state index >= 15 is 0 Å². The predicted octanol–water partition coefficient (Wildman–Crippen LogP) is -1.19.